The van der Waals surface area contributed by atoms with Crippen molar-refractivity contribution in [2.45, 2.75) is 51.9 Å². The number of morpholine rings is 1. The Morgan fingerprint density at radius 1 is 1.31 bits per heavy atom. The van der Waals surface area contributed by atoms with Crippen LogP contribution in [0.1, 0.15) is 44.4 Å². The first-order chi connectivity index (χ1) is 13.6. The van der Waals surface area contributed by atoms with E-state index < -0.39 is 25.0 Å². The van der Waals surface area contributed by atoms with E-state index in [1.54, 1.807) is 18.3 Å². The zero-order valence-corrected chi connectivity index (χ0v) is 19.1. The maximum atomic E-state index is 12.9. The summed E-state index contributed by atoms with van der Waals surface area (Å²) in [6, 6.07) is 0. The van der Waals surface area contributed by atoms with Crippen molar-refractivity contribution in [2.24, 2.45) is 0 Å². The number of rotatable bonds is 10. The number of aromatic nitrogens is 2. The molecule has 0 amide bonds. The molecule has 0 radical (unpaired) electrons. The minimum Gasteiger partial charge on any atom is -0.350 e. The van der Waals surface area contributed by atoms with Crippen LogP contribution in [-0.2, 0) is 13.8 Å². The minimum atomic E-state index is -2.92. The molecular formula is C19H35N4O5P. The molecule has 1 aliphatic rings. The number of hydrogen-bond acceptors (Lipinski definition) is 6. The quantitative estimate of drug-likeness (QED) is 0.448. The van der Waals surface area contributed by atoms with Gasteiger partial charge in [-0.3, -0.25) is 23.8 Å². The van der Waals surface area contributed by atoms with Crippen LogP contribution < -0.4 is 11.2 Å². The molecule has 2 heterocycles. The molecule has 2 rings (SSSR count). The Balaban J connectivity index is 1.97. The molecule has 1 aromatic heterocycles. The van der Waals surface area contributed by atoms with Gasteiger partial charge in [-0.2, -0.15) is 0 Å². The highest BCUT2D eigenvalue weighted by molar-refractivity contribution is 7.55. The lowest BCUT2D eigenvalue weighted by atomic mass is 10.2. The summed E-state index contributed by atoms with van der Waals surface area (Å²) in [7, 11) is 0.838. The molecule has 9 nitrogen and oxygen atoms in total. The first-order valence-electron chi connectivity index (χ1n) is 10.2. The third-order valence-corrected chi connectivity index (χ3v) is 7.31. The Bertz CT molecular complexity index is 824. The molecule has 0 bridgehead atoms. The molecule has 0 spiro atoms. The fourth-order valence-corrected chi connectivity index (χ4v) is 4.46. The zero-order valence-electron chi connectivity index (χ0n) is 18.2. The van der Waals surface area contributed by atoms with Crippen molar-refractivity contribution in [2.75, 3.05) is 47.0 Å². The highest BCUT2D eigenvalue weighted by Crippen LogP contribution is 2.46. The monoisotopic (exact) mass is 430 g/mol. The van der Waals surface area contributed by atoms with Crippen LogP contribution in [0.2, 0.25) is 0 Å². The topological polar surface area (TPSA) is 96.9 Å². The molecule has 1 aromatic rings. The van der Waals surface area contributed by atoms with Gasteiger partial charge in [-0.1, -0.05) is 26.2 Å². The van der Waals surface area contributed by atoms with Crippen LogP contribution >= 0.6 is 7.52 Å². The normalized spacial score (nSPS) is 22.7. The Labute approximate surface area is 172 Å². The molecule has 0 aliphatic carbocycles. The average molecular weight is 430 g/mol. The first kappa shape index (κ1) is 24.0. The van der Waals surface area contributed by atoms with Crippen molar-refractivity contribution in [1.29, 1.82) is 0 Å². The fraction of sp³-hybridized carbons (Fsp3) is 0.789. The smallest absolute Gasteiger partial charge is 0.330 e. The van der Waals surface area contributed by atoms with Gasteiger partial charge in [0.2, 0.25) is 0 Å². The van der Waals surface area contributed by atoms with Crippen molar-refractivity contribution >= 4 is 7.52 Å². The van der Waals surface area contributed by atoms with Gasteiger partial charge in [0, 0.05) is 38.1 Å². The molecule has 1 saturated heterocycles. The summed E-state index contributed by atoms with van der Waals surface area (Å²) in [5, 5.41) is 0. The van der Waals surface area contributed by atoms with Crippen molar-refractivity contribution < 1.29 is 13.8 Å². The number of hydrogen-bond donors (Lipinski definition) is 1. The molecule has 0 aromatic carbocycles. The largest absolute Gasteiger partial charge is 0.350 e. The highest BCUT2D eigenvalue weighted by atomic mass is 31.2. The number of aryl methyl sites for hydroxylation is 1. The van der Waals surface area contributed by atoms with Gasteiger partial charge in [0.25, 0.3) is 13.1 Å². The van der Waals surface area contributed by atoms with Crippen molar-refractivity contribution in [3.8, 4) is 0 Å². The van der Waals surface area contributed by atoms with Gasteiger partial charge in [0.1, 0.15) is 0 Å². The summed E-state index contributed by atoms with van der Waals surface area (Å²) >= 11 is 0. The van der Waals surface area contributed by atoms with Gasteiger partial charge in [-0.15, -0.1) is 0 Å². The van der Waals surface area contributed by atoms with Crippen LogP contribution in [0.5, 0.6) is 0 Å². The number of nitrogens with zero attached hydrogens (tertiary/aromatic N) is 3. The number of nitrogens with one attached hydrogen (secondary N) is 1. The second-order valence-electron chi connectivity index (χ2n) is 7.95. The Kier molecular flexibility index (Phi) is 8.85. The summed E-state index contributed by atoms with van der Waals surface area (Å²) in [6.45, 7) is 7.45. The maximum Gasteiger partial charge on any atom is 0.330 e. The van der Waals surface area contributed by atoms with Crippen molar-refractivity contribution in [1.82, 2.24) is 19.1 Å². The summed E-state index contributed by atoms with van der Waals surface area (Å²) < 4.78 is 27.9. The van der Waals surface area contributed by atoms with E-state index in [1.165, 1.54) is 17.2 Å². The van der Waals surface area contributed by atoms with Crippen LogP contribution in [-0.4, -0.2) is 72.2 Å². The molecule has 2 unspecified atom stereocenters. The van der Waals surface area contributed by atoms with Crippen LogP contribution in [0.15, 0.2) is 15.8 Å². The summed E-state index contributed by atoms with van der Waals surface area (Å²) in [5.41, 5.74) is -0.463. The first-order valence-corrected chi connectivity index (χ1v) is 12.3. The van der Waals surface area contributed by atoms with E-state index in [9.17, 15) is 14.2 Å². The predicted molar refractivity (Wildman–Crippen MR) is 114 cm³/mol. The highest BCUT2D eigenvalue weighted by Gasteiger charge is 2.31. The van der Waals surface area contributed by atoms with E-state index in [0.29, 0.717) is 18.7 Å². The van der Waals surface area contributed by atoms with Gasteiger partial charge < -0.3 is 9.26 Å². The van der Waals surface area contributed by atoms with E-state index in [1.807, 2.05) is 19.0 Å². The second kappa shape index (κ2) is 10.7. The third-order valence-electron chi connectivity index (χ3n) is 5.24. The molecule has 1 aliphatic heterocycles. The van der Waals surface area contributed by atoms with Crippen LogP contribution in [0.4, 0.5) is 0 Å². The van der Waals surface area contributed by atoms with Crippen LogP contribution in [0.3, 0.4) is 0 Å². The minimum absolute atomic E-state index is 0.172. The molecule has 0 saturated carbocycles. The average Bonchev–Trinajstić information content (AvgIpc) is 2.66. The summed E-state index contributed by atoms with van der Waals surface area (Å²) in [6.07, 6.45) is 5.08. The number of unbranched alkanes of at least 4 members (excludes halogenated alkanes) is 3. The zero-order chi connectivity index (χ0) is 21.6. The second-order valence-corrected chi connectivity index (χ2v) is 10.5. The van der Waals surface area contributed by atoms with E-state index >= 15 is 0 Å². The van der Waals surface area contributed by atoms with E-state index in [0.717, 1.165) is 25.8 Å². The van der Waals surface area contributed by atoms with Gasteiger partial charge in [0.05, 0.1) is 12.7 Å². The van der Waals surface area contributed by atoms with Gasteiger partial charge in [0.15, 0.2) is 6.23 Å². The molecule has 1 N–H and O–H groups in total. The lowest BCUT2D eigenvalue weighted by molar-refractivity contribution is -0.128. The Morgan fingerprint density at radius 3 is 2.72 bits per heavy atom. The summed E-state index contributed by atoms with van der Waals surface area (Å²) in [4.78, 5) is 28.1. The van der Waals surface area contributed by atoms with Crippen molar-refractivity contribution in [3.63, 3.8) is 0 Å². The SMILES string of the molecule is CCCCCCN(C)P(C)(=O)OC[C@@H]1CN(C)CC(n2cc(C)c(=O)[nH]c2=O)O1. The van der Waals surface area contributed by atoms with E-state index in [2.05, 4.69) is 11.9 Å². The van der Waals surface area contributed by atoms with Crippen molar-refractivity contribution in [3.05, 3.63) is 32.6 Å². The predicted octanol–water partition coefficient (Wildman–Crippen LogP) is 2.03. The Hall–Kier alpha value is -1.25. The van der Waals surface area contributed by atoms with E-state index in [-0.39, 0.29) is 12.7 Å². The number of H-pyrrole nitrogens is 1. The lowest BCUT2D eigenvalue weighted by Crippen LogP contribution is -2.48. The number of likely N-dealkylation sites (N-methyl/N-ethyl adjacent to an activating group) is 1. The number of ether oxygens (including phenoxy) is 1. The molecular weight excluding hydrogens is 395 g/mol. The Morgan fingerprint density at radius 2 is 2.03 bits per heavy atom. The number of aromatic amines is 1. The molecule has 3 atom stereocenters. The van der Waals surface area contributed by atoms with Gasteiger partial charge in [-0.05, 0) is 27.4 Å². The van der Waals surface area contributed by atoms with Crippen LogP contribution in [0.25, 0.3) is 0 Å². The van der Waals surface area contributed by atoms with Gasteiger partial charge in [-0.25, -0.2) is 9.46 Å². The molecule has 10 heteroatoms. The summed E-state index contributed by atoms with van der Waals surface area (Å²) in [5.74, 6) is 0. The van der Waals surface area contributed by atoms with Crippen LogP contribution in [0, 0.1) is 6.92 Å². The molecule has 1 fully saturated rings. The maximum absolute atomic E-state index is 12.9. The van der Waals surface area contributed by atoms with Gasteiger partial charge >= 0.3 is 5.69 Å². The lowest BCUT2D eigenvalue weighted by Gasteiger charge is -2.37. The van der Waals surface area contributed by atoms with E-state index in [4.69, 9.17) is 9.26 Å². The molecule has 29 heavy (non-hydrogen) atoms. The fourth-order valence-electron chi connectivity index (χ4n) is 3.31. The third kappa shape index (κ3) is 6.89. The molecule has 166 valence electrons. The standard InChI is InChI=1S/C19H35N4O5P/c1-6-7-8-9-10-22(4)29(5,26)27-14-16-12-21(3)13-17(28-16)23-11-15(2)18(24)20-19(23)25/h11,16-17H,6-10,12-14H2,1-5H3,(H,20,24,25)/t16-,17?,29?/m0/s1.